The van der Waals surface area contributed by atoms with Gasteiger partial charge in [0.15, 0.2) is 23.0 Å². The van der Waals surface area contributed by atoms with Gasteiger partial charge >= 0.3 is 11.9 Å². The van der Waals surface area contributed by atoms with Crippen molar-refractivity contribution < 1.29 is 39.5 Å². The molecule has 0 aromatic heterocycles. The second kappa shape index (κ2) is 4.31. The molecular weight excluding hydrogens is 320 g/mol. The summed E-state index contributed by atoms with van der Waals surface area (Å²) in [5.74, 6) is -4.58. The van der Waals surface area contributed by atoms with Gasteiger partial charge in [0, 0.05) is 11.1 Å². The van der Waals surface area contributed by atoms with Crippen LogP contribution < -0.4 is 9.47 Å². The van der Waals surface area contributed by atoms with E-state index in [0.717, 1.165) is 12.1 Å². The summed E-state index contributed by atoms with van der Waals surface area (Å²) in [6, 6.07) is 5.00. The van der Waals surface area contributed by atoms with Gasteiger partial charge < -0.3 is 29.9 Å². The molecule has 4 N–H and O–H groups in total. The number of aromatic hydroxyl groups is 4. The molecular formula is C16H10O8. The first kappa shape index (κ1) is 14.2. The summed E-state index contributed by atoms with van der Waals surface area (Å²) < 4.78 is 10.1. The third-order valence-corrected chi connectivity index (χ3v) is 4.31. The van der Waals surface area contributed by atoms with Gasteiger partial charge in [-0.15, -0.1) is 0 Å². The fourth-order valence-electron chi connectivity index (χ4n) is 3.17. The van der Waals surface area contributed by atoms with Gasteiger partial charge in [0.1, 0.15) is 5.41 Å². The van der Waals surface area contributed by atoms with Crippen molar-refractivity contribution >= 4 is 11.9 Å². The van der Waals surface area contributed by atoms with Crippen LogP contribution >= 0.6 is 0 Å². The second-order valence-electron chi connectivity index (χ2n) is 5.57. The normalized spacial score (nSPS) is 21.2. The molecule has 0 saturated carbocycles. The van der Waals surface area contributed by atoms with Crippen LogP contribution in [0.3, 0.4) is 0 Å². The Kier molecular flexibility index (Phi) is 2.55. The fraction of sp³-hybridized carbons (Fsp3) is 0.125. The van der Waals surface area contributed by atoms with E-state index in [9.17, 15) is 30.0 Å². The zero-order valence-corrected chi connectivity index (χ0v) is 11.9. The highest BCUT2D eigenvalue weighted by Crippen LogP contribution is 2.57. The first-order valence-corrected chi connectivity index (χ1v) is 6.90. The van der Waals surface area contributed by atoms with Crippen molar-refractivity contribution in [1.29, 1.82) is 0 Å². The minimum Gasteiger partial charge on any atom is -0.504 e. The lowest BCUT2D eigenvalue weighted by Crippen LogP contribution is -2.42. The number of hydrogen-bond acceptors (Lipinski definition) is 8. The SMILES string of the molecule is O=C1CC2(C(=O)Oc3c2ccc(O)c3O)c2ccc(O)c(O)c2O1. The molecule has 2 aromatic rings. The molecule has 0 aliphatic carbocycles. The molecule has 0 amide bonds. The molecule has 0 fully saturated rings. The Morgan fingerprint density at radius 2 is 1.29 bits per heavy atom. The molecule has 4 rings (SSSR count). The van der Waals surface area contributed by atoms with Crippen LogP contribution in [0.1, 0.15) is 17.5 Å². The standard InChI is InChI=1S/C16H10O8/c17-8-3-1-6-13(11(8)20)23-10(19)5-16(6)7-2-4-9(18)12(21)14(7)24-15(16)22/h1-4,17-18,20-21H,5H2. The number of fused-ring (bicyclic) bond motifs is 4. The summed E-state index contributed by atoms with van der Waals surface area (Å²) in [6.07, 6.45) is -0.416. The van der Waals surface area contributed by atoms with Crippen LogP contribution in [-0.4, -0.2) is 32.4 Å². The number of carbonyl (C=O) groups is 2. The molecule has 24 heavy (non-hydrogen) atoms. The lowest BCUT2D eigenvalue weighted by atomic mass is 9.71. The molecule has 1 unspecified atom stereocenters. The fourth-order valence-corrected chi connectivity index (χ4v) is 3.17. The lowest BCUT2D eigenvalue weighted by Gasteiger charge is -2.31. The largest absolute Gasteiger partial charge is 0.504 e. The molecule has 1 spiro atoms. The Balaban J connectivity index is 2.08. The number of phenolic OH excluding ortho intramolecular Hbond substituents is 4. The highest BCUT2D eigenvalue weighted by atomic mass is 16.6. The zero-order valence-electron chi connectivity index (χ0n) is 11.9. The van der Waals surface area contributed by atoms with Crippen LogP contribution in [0.4, 0.5) is 0 Å². The predicted molar refractivity (Wildman–Crippen MR) is 76.2 cm³/mol. The third-order valence-electron chi connectivity index (χ3n) is 4.31. The number of hydrogen-bond donors (Lipinski definition) is 4. The van der Waals surface area contributed by atoms with Crippen molar-refractivity contribution in [3.63, 3.8) is 0 Å². The van der Waals surface area contributed by atoms with Gasteiger partial charge in [-0.05, 0) is 24.3 Å². The molecule has 2 aliphatic heterocycles. The van der Waals surface area contributed by atoms with E-state index in [2.05, 4.69) is 0 Å². The summed E-state index contributed by atoms with van der Waals surface area (Å²) in [6.45, 7) is 0. The molecule has 8 heteroatoms. The van der Waals surface area contributed by atoms with Crippen molar-refractivity contribution in [2.24, 2.45) is 0 Å². The van der Waals surface area contributed by atoms with Crippen LogP contribution in [-0.2, 0) is 15.0 Å². The van der Waals surface area contributed by atoms with Crippen LogP contribution in [0.2, 0.25) is 0 Å². The Hall–Kier alpha value is -3.42. The van der Waals surface area contributed by atoms with Gasteiger partial charge in [-0.3, -0.25) is 9.59 Å². The van der Waals surface area contributed by atoms with E-state index >= 15 is 0 Å². The summed E-state index contributed by atoms with van der Waals surface area (Å²) in [5.41, 5.74) is -1.37. The molecule has 0 bridgehead atoms. The first-order valence-electron chi connectivity index (χ1n) is 6.90. The Morgan fingerprint density at radius 1 is 0.792 bits per heavy atom. The van der Waals surface area contributed by atoms with Gasteiger partial charge in [0.25, 0.3) is 0 Å². The lowest BCUT2D eigenvalue weighted by molar-refractivity contribution is -0.145. The van der Waals surface area contributed by atoms with Crippen molar-refractivity contribution in [3.8, 4) is 34.5 Å². The third kappa shape index (κ3) is 1.51. The second-order valence-corrected chi connectivity index (χ2v) is 5.57. The van der Waals surface area contributed by atoms with E-state index in [4.69, 9.17) is 9.47 Å². The number of esters is 2. The minimum atomic E-state index is -1.64. The molecule has 0 radical (unpaired) electrons. The van der Waals surface area contributed by atoms with E-state index in [1.807, 2.05) is 0 Å². The summed E-state index contributed by atoms with van der Waals surface area (Å²) >= 11 is 0. The highest BCUT2D eigenvalue weighted by molar-refractivity contribution is 6.02. The summed E-state index contributed by atoms with van der Waals surface area (Å²) in [7, 11) is 0. The Bertz CT molecular complexity index is 932. The number of rotatable bonds is 0. The molecule has 8 nitrogen and oxygen atoms in total. The van der Waals surface area contributed by atoms with E-state index in [0.29, 0.717) is 0 Å². The van der Waals surface area contributed by atoms with Crippen LogP contribution in [0.15, 0.2) is 24.3 Å². The van der Waals surface area contributed by atoms with Crippen molar-refractivity contribution in [3.05, 3.63) is 35.4 Å². The van der Waals surface area contributed by atoms with Crippen molar-refractivity contribution in [1.82, 2.24) is 0 Å². The van der Waals surface area contributed by atoms with Gasteiger partial charge in [0.2, 0.25) is 11.5 Å². The van der Waals surface area contributed by atoms with Crippen LogP contribution in [0.5, 0.6) is 34.5 Å². The summed E-state index contributed by atoms with van der Waals surface area (Å²) in [4.78, 5) is 24.6. The topological polar surface area (TPSA) is 134 Å². The number of ether oxygens (including phenoxy) is 2. The quantitative estimate of drug-likeness (QED) is 0.320. The maximum atomic E-state index is 12.6. The van der Waals surface area contributed by atoms with Gasteiger partial charge in [-0.2, -0.15) is 0 Å². The first-order chi connectivity index (χ1) is 11.4. The van der Waals surface area contributed by atoms with Crippen molar-refractivity contribution in [2.45, 2.75) is 11.8 Å². The molecule has 0 saturated heterocycles. The van der Waals surface area contributed by atoms with E-state index in [-0.39, 0.29) is 22.6 Å². The van der Waals surface area contributed by atoms with Crippen LogP contribution in [0, 0.1) is 0 Å². The minimum absolute atomic E-state index is 0.117. The van der Waals surface area contributed by atoms with Crippen molar-refractivity contribution in [2.75, 3.05) is 0 Å². The molecule has 1 atom stereocenters. The zero-order chi connectivity index (χ0) is 17.2. The van der Waals surface area contributed by atoms with E-state index < -0.39 is 46.8 Å². The highest BCUT2D eigenvalue weighted by Gasteiger charge is 2.57. The summed E-state index contributed by atoms with van der Waals surface area (Å²) in [5, 5.41) is 39.1. The number of carbonyl (C=O) groups excluding carboxylic acids is 2. The van der Waals surface area contributed by atoms with E-state index in [1.54, 1.807) is 0 Å². The van der Waals surface area contributed by atoms with E-state index in [1.165, 1.54) is 12.1 Å². The monoisotopic (exact) mass is 330 g/mol. The molecule has 2 aromatic carbocycles. The number of phenols is 4. The van der Waals surface area contributed by atoms with Gasteiger partial charge in [-0.25, -0.2) is 0 Å². The molecule has 2 aliphatic rings. The Morgan fingerprint density at radius 3 is 1.83 bits per heavy atom. The average Bonchev–Trinajstić information content (AvgIpc) is 2.81. The maximum absolute atomic E-state index is 12.6. The average molecular weight is 330 g/mol. The molecule has 2 heterocycles. The maximum Gasteiger partial charge on any atom is 0.327 e. The number of benzene rings is 2. The van der Waals surface area contributed by atoms with Gasteiger partial charge in [0.05, 0.1) is 6.42 Å². The Labute approximate surface area is 134 Å². The molecule has 122 valence electrons. The van der Waals surface area contributed by atoms with Gasteiger partial charge in [-0.1, -0.05) is 0 Å². The smallest absolute Gasteiger partial charge is 0.327 e. The predicted octanol–water partition coefficient (Wildman–Crippen LogP) is 1.02. The van der Waals surface area contributed by atoms with Crippen LogP contribution in [0.25, 0.3) is 0 Å².